The zero-order valence-corrected chi connectivity index (χ0v) is 10.8. The van der Waals surface area contributed by atoms with Crippen LogP contribution < -0.4 is 5.32 Å². The Kier molecular flexibility index (Phi) is 3.83. The molecule has 1 aliphatic heterocycles. The number of halogens is 2. The quantitative estimate of drug-likeness (QED) is 0.817. The summed E-state index contributed by atoms with van der Waals surface area (Å²) in [7, 11) is 0. The van der Waals surface area contributed by atoms with Crippen LogP contribution in [-0.2, 0) is 0 Å². The molecule has 4 heteroatoms. The topological polar surface area (TPSA) is 12.0 Å². The molecule has 82 valence electrons. The van der Waals surface area contributed by atoms with Crippen LogP contribution in [0.2, 0.25) is 10.0 Å². The van der Waals surface area contributed by atoms with E-state index in [0.29, 0.717) is 16.1 Å². The van der Waals surface area contributed by atoms with Crippen LogP contribution in [0.1, 0.15) is 24.3 Å². The summed E-state index contributed by atoms with van der Waals surface area (Å²) in [5.74, 6) is 1.17. The Morgan fingerprint density at radius 3 is 2.93 bits per heavy atom. The monoisotopic (exact) mass is 261 g/mol. The minimum atomic E-state index is 0.278. The maximum atomic E-state index is 6.19. The molecule has 1 aliphatic rings. The lowest BCUT2D eigenvalue weighted by molar-refractivity contribution is 0.512. The second kappa shape index (κ2) is 4.96. The molecule has 0 amide bonds. The van der Waals surface area contributed by atoms with Crippen LogP contribution in [0.4, 0.5) is 0 Å². The van der Waals surface area contributed by atoms with Crippen molar-refractivity contribution in [1.29, 1.82) is 0 Å². The van der Waals surface area contributed by atoms with Crippen LogP contribution >= 0.6 is 35.0 Å². The summed E-state index contributed by atoms with van der Waals surface area (Å²) in [6.07, 6.45) is 1.21. The summed E-state index contributed by atoms with van der Waals surface area (Å²) in [4.78, 5) is 0. The van der Waals surface area contributed by atoms with E-state index in [9.17, 15) is 0 Å². The van der Waals surface area contributed by atoms with E-state index in [1.165, 1.54) is 12.2 Å². The third-order valence-electron chi connectivity index (χ3n) is 2.54. The smallest absolute Gasteiger partial charge is 0.0806 e. The molecule has 0 spiro atoms. The van der Waals surface area contributed by atoms with Crippen LogP contribution in [0.25, 0.3) is 0 Å². The van der Waals surface area contributed by atoms with Gasteiger partial charge in [0.2, 0.25) is 0 Å². The molecule has 1 heterocycles. The molecule has 1 aromatic rings. The molecule has 15 heavy (non-hydrogen) atoms. The van der Waals surface area contributed by atoms with Crippen LogP contribution in [0, 0.1) is 0 Å². The maximum absolute atomic E-state index is 6.19. The first-order chi connectivity index (χ1) is 7.18. The number of hydrogen-bond acceptors (Lipinski definition) is 2. The highest BCUT2D eigenvalue weighted by atomic mass is 35.5. The SMILES string of the molecule is CC1CCSC(c2cccc(Cl)c2Cl)N1. The third kappa shape index (κ3) is 2.62. The van der Waals surface area contributed by atoms with Crippen molar-refractivity contribution in [3.63, 3.8) is 0 Å². The van der Waals surface area contributed by atoms with Gasteiger partial charge in [-0.25, -0.2) is 0 Å². The summed E-state index contributed by atoms with van der Waals surface area (Å²) >= 11 is 14.1. The number of rotatable bonds is 1. The van der Waals surface area contributed by atoms with E-state index >= 15 is 0 Å². The van der Waals surface area contributed by atoms with Crippen molar-refractivity contribution in [1.82, 2.24) is 5.32 Å². The number of thioether (sulfide) groups is 1. The van der Waals surface area contributed by atoms with Crippen LogP contribution in [-0.4, -0.2) is 11.8 Å². The van der Waals surface area contributed by atoms with Gasteiger partial charge in [0.15, 0.2) is 0 Å². The van der Waals surface area contributed by atoms with Crippen molar-refractivity contribution in [2.75, 3.05) is 5.75 Å². The fourth-order valence-electron chi connectivity index (χ4n) is 1.66. The van der Waals surface area contributed by atoms with Crippen molar-refractivity contribution in [2.24, 2.45) is 0 Å². The number of nitrogens with one attached hydrogen (secondary N) is 1. The summed E-state index contributed by atoms with van der Waals surface area (Å²) in [5, 5.41) is 5.11. The average Bonchev–Trinajstić information content (AvgIpc) is 2.22. The fraction of sp³-hybridized carbons (Fsp3) is 0.455. The van der Waals surface area contributed by atoms with Gasteiger partial charge in [-0.2, -0.15) is 0 Å². The standard InChI is InChI=1S/C11H13Cl2NS/c1-7-5-6-15-11(14-7)8-3-2-4-9(12)10(8)13/h2-4,7,11,14H,5-6H2,1H3. The predicted octanol–water partition coefficient (Wildman–Crippen LogP) is 4.11. The van der Waals surface area contributed by atoms with Crippen molar-refractivity contribution in [2.45, 2.75) is 24.8 Å². The van der Waals surface area contributed by atoms with Gasteiger partial charge in [-0.1, -0.05) is 35.3 Å². The zero-order chi connectivity index (χ0) is 10.8. The Labute approximate surface area is 105 Å². The first kappa shape index (κ1) is 11.6. The Morgan fingerprint density at radius 2 is 2.20 bits per heavy atom. The Balaban J connectivity index is 2.24. The maximum Gasteiger partial charge on any atom is 0.0806 e. The van der Waals surface area contributed by atoms with Crippen molar-refractivity contribution in [3.05, 3.63) is 33.8 Å². The molecule has 1 fully saturated rings. The van der Waals surface area contributed by atoms with Gasteiger partial charge in [0.05, 0.1) is 15.4 Å². The molecule has 0 bridgehead atoms. The highest BCUT2D eigenvalue weighted by Gasteiger charge is 2.22. The first-order valence-corrected chi connectivity index (χ1v) is 6.80. The van der Waals surface area contributed by atoms with Crippen molar-refractivity contribution >= 4 is 35.0 Å². The lowest BCUT2D eigenvalue weighted by Crippen LogP contribution is -2.33. The summed E-state index contributed by atoms with van der Waals surface area (Å²) in [5.41, 5.74) is 1.10. The first-order valence-electron chi connectivity index (χ1n) is 5.00. The van der Waals surface area contributed by atoms with E-state index in [-0.39, 0.29) is 5.37 Å². The Hall–Kier alpha value is 0.110. The summed E-state index contributed by atoms with van der Waals surface area (Å²) in [6, 6.07) is 6.36. The van der Waals surface area contributed by atoms with Crippen molar-refractivity contribution < 1.29 is 0 Å². The molecular weight excluding hydrogens is 249 g/mol. The van der Waals surface area contributed by atoms with Gasteiger partial charge < -0.3 is 0 Å². The van der Waals surface area contributed by atoms with Gasteiger partial charge in [0.25, 0.3) is 0 Å². The lowest BCUT2D eigenvalue weighted by atomic mass is 10.2. The molecule has 1 nitrogen and oxygen atoms in total. The normalized spacial score (nSPS) is 26.6. The molecule has 0 saturated carbocycles. The zero-order valence-electron chi connectivity index (χ0n) is 8.47. The minimum absolute atomic E-state index is 0.278. The molecular formula is C11H13Cl2NS. The second-order valence-corrected chi connectivity index (χ2v) is 5.75. The molecule has 2 atom stereocenters. The van der Waals surface area contributed by atoms with E-state index < -0.39 is 0 Å². The van der Waals surface area contributed by atoms with Crippen LogP contribution in [0.5, 0.6) is 0 Å². The van der Waals surface area contributed by atoms with Crippen LogP contribution in [0.3, 0.4) is 0 Å². The molecule has 1 aromatic carbocycles. The molecule has 0 radical (unpaired) electrons. The summed E-state index contributed by atoms with van der Waals surface area (Å²) in [6.45, 7) is 2.20. The number of hydrogen-bond donors (Lipinski definition) is 1. The molecule has 1 saturated heterocycles. The van der Waals surface area contributed by atoms with Crippen molar-refractivity contribution in [3.8, 4) is 0 Å². The fourth-order valence-corrected chi connectivity index (χ4v) is 3.57. The molecule has 0 aromatic heterocycles. The highest BCUT2D eigenvalue weighted by Crippen LogP contribution is 2.37. The minimum Gasteiger partial charge on any atom is -0.299 e. The van der Waals surface area contributed by atoms with Gasteiger partial charge in [-0.15, -0.1) is 11.8 Å². The average molecular weight is 262 g/mol. The van der Waals surface area contributed by atoms with E-state index in [2.05, 4.69) is 12.2 Å². The third-order valence-corrected chi connectivity index (χ3v) is 4.56. The van der Waals surface area contributed by atoms with E-state index in [1.807, 2.05) is 30.0 Å². The Morgan fingerprint density at radius 1 is 1.40 bits per heavy atom. The van der Waals surface area contributed by atoms with Gasteiger partial charge in [0.1, 0.15) is 0 Å². The second-order valence-electron chi connectivity index (χ2n) is 3.75. The van der Waals surface area contributed by atoms with E-state index in [4.69, 9.17) is 23.2 Å². The molecule has 2 rings (SSSR count). The van der Waals surface area contributed by atoms with Gasteiger partial charge in [-0.3, -0.25) is 5.32 Å². The largest absolute Gasteiger partial charge is 0.299 e. The van der Waals surface area contributed by atoms with Crippen LogP contribution in [0.15, 0.2) is 18.2 Å². The molecule has 1 N–H and O–H groups in total. The summed E-state index contributed by atoms with van der Waals surface area (Å²) < 4.78 is 0. The van der Waals surface area contributed by atoms with Gasteiger partial charge in [0, 0.05) is 6.04 Å². The van der Waals surface area contributed by atoms with E-state index in [0.717, 1.165) is 5.56 Å². The highest BCUT2D eigenvalue weighted by molar-refractivity contribution is 7.99. The van der Waals surface area contributed by atoms with E-state index in [1.54, 1.807) is 0 Å². The van der Waals surface area contributed by atoms with Gasteiger partial charge >= 0.3 is 0 Å². The predicted molar refractivity (Wildman–Crippen MR) is 68.9 cm³/mol. The number of benzene rings is 1. The molecule has 2 unspecified atom stereocenters. The Bertz CT molecular complexity index is 356. The molecule has 0 aliphatic carbocycles. The lowest BCUT2D eigenvalue weighted by Gasteiger charge is -2.29. The van der Waals surface area contributed by atoms with Gasteiger partial charge in [-0.05, 0) is 30.7 Å².